The van der Waals surface area contributed by atoms with Crippen LogP contribution in [0.25, 0.3) is 0 Å². The first-order valence-corrected chi connectivity index (χ1v) is 22.8. The molecule has 12 nitrogen and oxygen atoms in total. The van der Waals surface area contributed by atoms with E-state index in [-0.39, 0.29) is 48.8 Å². The Morgan fingerprint density at radius 3 is 2.28 bits per heavy atom. The van der Waals surface area contributed by atoms with Crippen LogP contribution in [-0.4, -0.2) is 108 Å². The molecule has 2 bridgehead atoms. The number of carbonyl (C=O) groups excluding carboxylic acids is 4. The van der Waals surface area contributed by atoms with E-state index in [0.29, 0.717) is 63.5 Å². The first-order chi connectivity index (χ1) is 29.0. The molecular weight excluding hydrogens is 779 g/mol. The molecule has 12 heteroatoms. The van der Waals surface area contributed by atoms with Crippen LogP contribution in [0.3, 0.4) is 0 Å². The second-order valence-electron chi connectivity index (χ2n) is 18.7. The van der Waals surface area contributed by atoms with Gasteiger partial charge in [0.05, 0.1) is 18.3 Å². The van der Waals surface area contributed by atoms with Crippen LogP contribution in [0.2, 0.25) is 0 Å². The van der Waals surface area contributed by atoms with Gasteiger partial charge in [0, 0.05) is 39.0 Å². The summed E-state index contributed by atoms with van der Waals surface area (Å²) in [4.78, 5) is 58.2. The topological polar surface area (TPSA) is 158 Å². The second kappa shape index (κ2) is 21.8. The number of carbonyl (C=O) groups is 4. The number of cyclic esters (lactones) is 1. The number of piperidine rings is 1. The van der Waals surface area contributed by atoms with Crippen molar-refractivity contribution in [2.24, 2.45) is 29.6 Å². The number of ether oxygens (including phenoxy) is 5. The number of Topliss-reactive ketones (excluding diaryl/α,β-unsaturated/α-hetero) is 2. The fraction of sp³-hybridized carbons (Fsp3) is 0.714. The molecule has 3 heterocycles. The zero-order valence-corrected chi connectivity index (χ0v) is 38.1. The third kappa shape index (κ3) is 12.0. The Morgan fingerprint density at radius 2 is 1.61 bits per heavy atom. The number of hydrogen-bond donors (Lipinski definition) is 2. The number of ketones is 2. The van der Waals surface area contributed by atoms with Crippen LogP contribution in [0.1, 0.15) is 124 Å². The molecule has 0 spiro atoms. The lowest BCUT2D eigenvalue weighted by Crippen LogP contribution is -2.64. The highest BCUT2D eigenvalue weighted by atomic mass is 16.7. The van der Waals surface area contributed by atoms with E-state index in [1.807, 2.05) is 58.9 Å². The number of rotatable bonds is 7. The van der Waals surface area contributed by atoms with Crippen molar-refractivity contribution < 1.29 is 53.1 Å². The van der Waals surface area contributed by atoms with Gasteiger partial charge in [0.2, 0.25) is 5.79 Å². The molecule has 13 atom stereocenters. The van der Waals surface area contributed by atoms with Crippen LogP contribution < -0.4 is 4.74 Å². The molecule has 1 saturated carbocycles. The fourth-order valence-corrected chi connectivity index (χ4v) is 10.1. The van der Waals surface area contributed by atoms with Gasteiger partial charge in [-0.2, -0.15) is 0 Å². The van der Waals surface area contributed by atoms with Gasteiger partial charge in [-0.1, -0.05) is 63.1 Å². The monoisotopic (exact) mass is 852 g/mol. The highest BCUT2D eigenvalue weighted by Gasteiger charge is 2.56. The van der Waals surface area contributed by atoms with Crippen molar-refractivity contribution in [2.75, 3.05) is 20.8 Å². The lowest BCUT2D eigenvalue weighted by atomic mass is 9.82. The molecule has 1 aliphatic carbocycles. The zero-order valence-electron chi connectivity index (χ0n) is 38.1. The average Bonchev–Trinajstić information content (AvgIpc) is 3.24. The van der Waals surface area contributed by atoms with Crippen LogP contribution in [0, 0.1) is 36.5 Å². The molecule has 340 valence electrons. The SMILES string of the molecule is CCC1C=C(C)CC(C)CC(OC)C2OC(O)(C(=O)C(=O)N3CCCCC3C(=O)OC(C(C)=CC3CCC(O)C(Oc4ccc(C)cc4)C3)C(C)CCC1=O)C(C)CC2OC. The number of methoxy groups -OCH3 is 2. The summed E-state index contributed by atoms with van der Waals surface area (Å²) in [6.07, 6.45) is 6.63. The molecule has 1 amide bonds. The maximum atomic E-state index is 14.4. The zero-order chi connectivity index (χ0) is 44.6. The number of aliphatic hydroxyl groups is 2. The standard InChI is InChI=1S/C49H73NO11/c1-10-36-24-30(3)23-31(4)25-42(57-8)45-43(58-9)27-34(7)49(56,61-45)46(53)47(54)50-22-12-11-13-38(50)48(55)60-44(32(5)16-20-39(36)51)33(6)26-35-17-21-40(52)41(28-35)59-37-18-14-29(2)15-19-37/h14-15,18-19,24,26,31-32,34-36,38,40-45,52,56H,10-13,16-17,20-23,25,27-28H2,1-9H3. The number of nitrogens with zero attached hydrogens (tertiary/aromatic N) is 1. The summed E-state index contributed by atoms with van der Waals surface area (Å²) < 4.78 is 30.8. The predicted octanol–water partition coefficient (Wildman–Crippen LogP) is 7.24. The summed E-state index contributed by atoms with van der Waals surface area (Å²) in [6.45, 7) is 13.9. The second-order valence-corrected chi connectivity index (χ2v) is 18.7. The van der Waals surface area contributed by atoms with Gasteiger partial charge >= 0.3 is 5.97 Å². The molecule has 3 fully saturated rings. The van der Waals surface area contributed by atoms with Crippen LogP contribution in [-0.2, 0) is 38.1 Å². The first-order valence-electron chi connectivity index (χ1n) is 22.8. The molecule has 1 aromatic carbocycles. The van der Waals surface area contributed by atoms with Gasteiger partial charge in [-0.05, 0) is 127 Å². The molecule has 13 unspecified atom stereocenters. The molecule has 3 aliphatic heterocycles. The summed E-state index contributed by atoms with van der Waals surface area (Å²) in [7, 11) is 3.11. The molecule has 4 aliphatic rings. The molecule has 61 heavy (non-hydrogen) atoms. The van der Waals surface area contributed by atoms with E-state index in [2.05, 4.69) is 19.1 Å². The van der Waals surface area contributed by atoms with Crippen LogP contribution in [0.15, 0.2) is 47.6 Å². The summed E-state index contributed by atoms with van der Waals surface area (Å²) in [6, 6.07) is 6.70. The van der Waals surface area contributed by atoms with Crippen LogP contribution in [0.4, 0.5) is 0 Å². The number of benzene rings is 1. The number of aryl methyl sites for hydroxylation is 1. The van der Waals surface area contributed by atoms with Gasteiger partial charge in [-0.25, -0.2) is 4.79 Å². The van der Waals surface area contributed by atoms with E-state index < -0.39 is 72.0 Å². The molecule has 5 rings (SSSR count). The molecular formula is C49H73NO11. The molecule has 2 saturated heterocycles. The van der Waals surface area contributed by atoms with E-state index in [1.54, 1.807) is 21.1 Å². The van der Waals surface area contributed by atoms with Crippen LogP contribution >= 0.6 is 0 Å². The van der Waals surface area contributed by atoms with Gasteiger partial charge in [-0.15, -0.1) is 0 Å². The number of amides is 1. The van der Waals surface area contributed by atoms with Gasteiger partial charge in [0.15, 0.2) is 0 Å². The number of hydrogen-bond acceptors (Lipinski definition) is 11. The Morgan fingerprint density at radius 1 is 0.918 bits per heavy atom. The Balaban J connectivity index is 1.48. The van der Waals surface area contributed by atoms with Gasteiger partial charge < -0.3 is 38.8 Å². The Kier molecular flexibility index (Phi) is 17.4. The van der Waals surface area contributed by atoms with E-state index in [4.69, 9.17) is 23.7 Å². The Bertz CT molecular complexity index is 1720. The Labute approximate surface area is 363 Å². The summed E-state index contributed by atoms with van der Waals surface area (Å²) in [5.74, 6) is -5.64. The third-order valence-electron chi connectivity index (χ3n) is 13.8. The quantitative estimate of drug-likeness (QED) is 0.162. The smallest absolute Gasteiger partial charge is 0.329 e. The Hall–Kier alpha value is -3.42. The minimum absolute atomic E-state index is 0.0272. The van der Waals surface area contributed by atoms with Crippen molar-refractivity contribution in [3.63, 3.8) is 0 Å². The number of allylic oxidation sites excluding steroid dienone is 3. The molecule has 0 radical (unpaired) electrons. The molecule has 0 aromatic heterocycles. The van der Waals surface area contributed by atoms with Crippen molar-refractivity contribution >= 4 is 23.4 Å². The minimum Gasteiger partial charge on any atom is -0.488 e. The summed E-state index contributed by atoms with van der Waals surface area (Å²) >= 11 is 0. The maximum Gasteiger partial charge on any atom is 0.329 e. The van der Waals surface area contributed by atoms with E-state index in [0.717, 1.165) is 23.1 Å². The first kappa shape index (κ1) is 48.6. The van der Waals surface area contributed by atoms with Crippen molar-refractivity contribution in [1.29, 1.82) is 0 Å². The van der Waals surface area contributed by atoms with Crippen LogP contribution in [0.5, 0.6) is 5.75 Å². The average molecular weight is 852 g/mol. The highest BCUT2D eigenvalue weighted by Crippen LogP contribution is 2.39. The van der Waals surface area contributed by atoms with Crippen molar-refractivity contribution in [3.05, 3.63) is 53.1 Å². The van der Waals surface area contributed by atoms with Crippen molar-refractivity contribution in [1.82, 2.24) is 4.90 Å². The maximum absolute atomic E-state index is 14.4. The van der Waals surface area contributed by atoms with E-state index in [9.17, 15) is 29.4 Å². The lowest BCUT2D eigenvalue weighted by Gasteiger charge is -2.47. The number of esters is 1. The largest absolute Gasteiger partial charge is 0.488 e. The third-order valence-corrected chi connectivity index (χ3v) is 13.8. The summed E-state index contributed by atoms with van der Waals surface area (Å²) in [5.41, 5.74) is 3.00. The molecule has 1 aromatic rings. The van der Waals surface area contributed by atoms with Crippen molar-refractivity contribution in [2.45, 2.75) is 174 Å². The highest BCUT2D eigenvalue weighted by molar-refractivity contribution is 6.39. The van der Waals surface area contributed by atoms with Crippen molar-refractivity contribution in [3.8, 4) is 5.75 Å². The minimum atomic E-state index is -2.48. The van der Waals surface area contributed by atoms with Gasteiger partial charge in [-0.3, -0.25) is 14.4 Å². The van der Waals surface area contributed by atoms with E-state index in [1.165, 1.54) is 4.90 Å². The van der Waals surface area contributed by atoms with Gasteiger partial charge in [0.25, 0.3) is 11.7 Å². The normalized spacial score (nSPS) is 36.9. The number of fused-ring (bicyclic) bond motifs is 3. The number of aliphatic hydroxyl groups excluding tert-OH is 1. The predicted molar refractivity (Wildman–Crippen MR) is 231 cm³/mol. The molecule has 2 N–H and O–H groups in total. The van der Waals surface area contributed by atoms with Gasteiger partial charge in [0.1, 0.15) is 35.9 Å². The summed E-state index contributed by atoms with van der Waals surface area (Å²) in [5, 5.41) is 23.0. The lowest BCUT2D eigenvalue weighted by molar-refractivity contribution is -0.302. The fourth-order valence-electron chi connectivity index (χ4n) is 10.1. The van der Waals surface area contributed by atoms with E-state index >= 15 is 0 Å².